The van der Waals surface area contributed by atoms with E-state index in [4.69, 9.17) is 12.2 Å². The molecular weight excluding hydrogens is 192 g/mol. The smallest absolute Gasteiger partial charge is 0.177 e. The highest BCUT2D eigenvalue weighted by atomic mass is 32.1. The summed E-state index contributed by atoms with van der Waals surface area (Å²) in [7, 11) is 0. The van der Waals surface area contributed by atoms with Crippen molar-refractivity contribution in [3.8, 4) is 0 Å². The van der Waals surface area contributed by atoms with Gasteiger partial charge in [0.15, 0.2) is 4.77 Å². The van der Waals surface area contributed by atoms with Crippen LogP contribution < -0.4 is 0 Å². The lowest BCUT2D eigenvalue weighted by Crippen LogP contribution is -2.08. The Hall–Kier alpha value is -0.570. The molecule has 1 heterocycles. The minimum absolute atomic E-state index is 0.491. The fraction of sp³-hybridized carbons (Fsp3) is 0.727. The number of aromatic amines is 1. The monoisotopic (exact) mass is 210 g/mol. The van der Waals surface area contributed by atoms with Crippen molar-refractivity contribution in [2.24, 2.45) is 5.41 Å². The highest BCUT2D eigenvalue weighted by Gasteiger charge is 2.31. The van der Waals surface area contributed by atoms with E-state index < -0.39 is 0 Å². The molecule has 0 amide bonds. The molecule has 1 unspecified atom stereocenters. The molecule has 14 heavy (non-hydrogen) atoms. The summed E-state index contributed by atoms with van der Waals surface area (Å²) in [6.07, 6.45) is 5.97. The first kappa shape index (κ1) is 9.97. The molecule has 0 radical (unpaired) electrons. The summed E-state index contributed by atoms with van der Waals surface area (Å²) < 4.78 is 3.12. The zero-order valence-corrected chi connectivity index (χ0v) is 9.95. The van der Waals surface area contributed by atoms with Gasteiger partial charge in [0.1, 0.15) is 0 Å². The van der Waals surface area contributed by atoms with Crippen molar-refractivity contribution in [1.29, 1.82) is 0 Å². The van der Waals surface area contributed by atoms with E-state index >= 15 is 0 Å². The Kier molecular flexibility index (Phi) is 2.30. The van der Waals surface area contributed by atoms with Gasteiger partial charge in [0.05, 0.1) is 0 Å². The zero-order chi connectivity index (χ0) is 10.3. The van der Waals surface area contributed by atoms with Gasteiger partial charge in [-0.25, -0.2) is 0 Å². The molecule has 78 valence electrons. The van der Waals surface area contributed by atoms with Crippen LogP contribution in [0.2, 0.25) is 0 Å². The fourth-order valence-corrected chi connectivity index (χ4v) is 2.80. The van der Waals surface area contributed by atoms with E-state index in [-0.39, 0.29) is 0 Å². The summed E-state index contributed by atoms with van der Waals surface area (Å²) in [5.74, 6) is 0. The average Bonchev–Trinajstić information content (AvgIpc) is 2.55. The predicted octanol–water partition coefficient (Wildman–Crippen LogP) is 3.61. The lowest BCUT2D eigenvalue weighted by molar-refractivity contribution is 0.358. The molecule has 1 aromatic rings. The third-order valence-electron chi connectivity index (χ3n) is 3.21. The lowest BCUT2D eigenvalue weighted by atomic mass is 9.92. The Bertz CT molecular complexity index is 386. The van der Waals surface area contributed by atoms with Gasteiger partial charge in [-0.2, -0.15) is 0 Å². The first-order chi connectivity index (χ1) is 6.48. The summed E-state index contributed by atoms with van der Waals surface area (Å²) in [6.45, 7) is 6.75. The van der Waals surface area contributed by atoms with Crippen molar-refractivity contribution < 1.29 is 0 Å². The molecule has 0 saturated heterocycles. The Morgan fingerprint density at radius 1 is 1.57 bits per heavy atom. The van der Waals surface area contributed by atoms with E-state index in [1.807, 2.05) is 0 Å². The lowest BCUT2D eigenvalue weighted by Gasteiger charge is -2.17. The van der Waals surface area contributed by atoms with Crippen LogP contribution in [0.25, 0.3) is 0 Å². The standard InChI is InChI=1S/C11H18N2S/c1-8-7-13(10(14)12-8)9-4-5-11(2,3)6-9/h7,9H,4-6H2,1-3H3,(H,12,14). The third-order valence-corrected chi connectivity index (χ3v) is 3.52. The van der Waals surface area contributed by atoms with Crippen LogP contribution in [0.5, 0.6) is 0 Å². The number of aryl methyl sites for hydroxylation is 1. The zero-order valence-electron chi connectivity index (χ0n) is 9.13. The molecule has 0 spiro atoms. The molecule has 2 rings (SSSR count). The van der Waals surface area contributed by atoms with E-state index in [1.54, 1.807) is 0 Å². The molecule has 1 atom stereocenters. The van der Waals surface area contributed by atoms with E-state index in [0.29, 0.717) is 11.5 Å². The van der Waals surface area contributed by atoms with Gasteiger partial charge in [-0.1, -0.05) is 13.8 Å². The van der Waals surface area contributed by atoms with Crippen LogP contribution in [-0.4, -0.2) is 9.55 Å². The molecule has 0 aliphatic heterocycles. The fourth-order valence-electron chi connectivity index (χ4n) is 2.44. The summed E-state index contributed by atoms with van der Waals surface area (Å²) in [6, 6.07) is 0.613. The molecule has 1 aliphatic carbocycles. The van der Waals surface area contributed by atoms with Crippen molar-refractivity contribution >= 4 is 12.2 Å². The number of aromatic nitrogens is 2. The quantitative estimate of drug-likeness (QED) is 0.702. The van der Waals surface area contributed by atoms with Gasteiger partial charge in [0, 0.05) is 17.9 Å². The number of hydrogen-bond donors (Lipinski definition) is 1. The van der Waals surface area contributed by atoms with Crippen molar-refractivity contribution in [3.63, 3.8) is 0 Å². The first-order valence-corrected chi connectivity index (χ1v) is 5.66. The predicted molar refractivity (Wildman–Crippen MR) is 61.0 cm³/mol. The van der Waals surface area contributed by atoms with Crippen molar-refractivity contribution in [3.05, 3.63) is 16.7 Å². The Balaban J connectivity index is 2.26. The van der Waals surface area contributed by atoms with Crippen LogP contribution in [0, 0.1) is 17.1 Å². The second-order valence-corrected chi connectivity index (χ2v) is 5.60. The number of imidazole rings is 1. The number of nitrogens with one attached hydrogen (secondary N) is 1. The van der Waals surface area contributed by atoms with Gasteiger partial charge < -0.3 is 9.55 Å². The maximum absolute atomic E-state index is 5.29. The largest absolute Gasteiger partial charge is 0.335 e. The molecule has 3 heteroatoms. The van der Waals surface area contributed by atoms with Gasteiger partial charge in [0.2, 0.25) is 0 Å². The van der Waals surface area contributed by atoms with Crippen LogP contribution in [-0.2, 0) is 0 Å². The Morgan fingerprint density at radius 2 is 2.29 bits per heavy atom. The van der Waals surface area contributed by atoms with E-state index in [0.717, 1.165) is 4.77 Å². The van der Waals surface area contributed by atoms with Gasteiger partial charge in [-0.3, -0.25) is 0 Å². The highest BCUT2D eigenvalue weighted by molar-refractivity contribution is 7.71. The number of nitrogens with zero attached hydrogens (tertiary/aromatic N) is 1. The van der Waals surface area contributed by atoms with Gasteiger partial charge in [-0.15, -0.1) is 0 Å². The highest BCUT2D eigenvalue weighted by Crippen LogP contribution is 2.43. The summed E-state index contributed by atoms with van der Waals surface area (Å²) >= 11 is 5.29. The van der Waals surface area contributed by atoms with Crippen LogP contribution in [0.4, 0.5) is 0 Å². The average molecular weight is 210 g/mol. The van der Waals surface area contributed by atoms with Crippen molar-refractivity contribution in [2.75, 3.05) is 0 Å². The first-order valence-electron chi connectivity index (χ1n) is 5.26. The summed E-state index contributed by atoms with van der Waals surface area (Å²) in [5, 5.41) is 0. The Labute approximate surface area is 90.3 Å². The van der Waals surface area contributed by atoms with Crippen LogP contribution >= 0.6 is 12.2 Å². The summed E-state index contributed by atoms with van der Waals surface area (Å²) in [4.78, 5) is 3.19. The second kappa shape index (κ2) is 3.23. The van der Waals surface area contributed by atoms with Crippen LogP contribution in [0.1, 0.15) is 44.8 Å². The van der Waals surface area contributed by atoms with Gasteiger partial charge in [0.25, 0.3) is 0 Å². The van der Waals surface area contributed by atoms with Crippen molar-refractivity contribution in [2.45, 2.75) is 46.1 Å². The molecule has 0 bridgehead atoms. The minimum atomic E-state index is 0.491. The van der Waals surface area contributed by atoms with Gasteiger partial charge in [-0.05, 0) is 43.8 Å². The molecule has 2 nitrogen and oxygen atoms in total. The minimum Gasteiger partial charge on any atom is -0.335 e. The molecule has 1 N–H and O–H groups in total. The van der Waals surface area contributed by atoms with Crippen LogP contribution in [0.3, 0.4) is 0 Å². The molecule has 1 aromatic heterocycles. The SMILES string of the molecule is Cc1cn(C2CCC(C)(C)C2)c(=S)[nH]1. The van der Waals surface area contributed by atoms with E-state index in [2.05, 4.69) is 36.5 Å². The molecule has 0 aromatic carbocycles. The van der Waals surface area contributed by atoms with E-state index in [9.17, 15) is 0 Å². The number of rotatable bonds is 1. The second-order valence-electron chi connectivity index (χ2n) is 5.21. The van der Waals surface area contributed by atoms with E-state index in [1.165, 1.54) is 25.0 Å². The van der Waals surface area contributed by atoms with Gasteiger partial charge >= 0.3 is 0 Å². The molecular formula is C11H18N2S. The Morgan fingerprint density at radius 3 is 2.71 bits per heavy atom. The summed E-state index contributed by atoms with van der Waals surface area (Å²) in [5.41, 5.74) is 1.66. The maximum Gasteiger partial charge on any atom is 0.177 e. The molecule has 1 aliphatic rings. The number of H-pyrrole nitrogens is 1. The molecule has 1 fully saturated rings. The maximum atomic E-state index is 5.29. The number of hydrogen-bond acceptors (Lipinski definition) is 1. The third kappa shape index (κ3) is 1.78. The van der Waals surface area contributed by atoms with Crippen molar-refractivity contribution in [1.82, 2.24) is 9.55 Å². The normalized spacial score (nSPS) is 25.5. The van der Waals surface area contributed by atoms with Crippen LogP contribution in [0.15, 0.2) is 6.20 Å². The topological polar surface area (TPSA) is 20.7 Å². The molecule has 1 saturated carbocycles.